The summed E-state index contributed by atoms with van der Waals surface area (Å²) in [7, 11) is 0. The summed E-state index contributed by atoms with van der Waals surface area (Å²) in [6, 6.07) is 1.69. The van der Waals surface area contributed by atoms with E-state index in [4.69, 9.17) is 9.63 Å². The maximum atomic E-state index is 10.5. The van der Waals surface area contributed by atoms with Gasteiger partial charge in [0.05, 0.1) is 0 Å². The van der Waals surface area contributed by atoms with Crippen molar-refractivity contribution in [2.24, 2.45) is 0 Å². The van der Waals surface area contributed by atoms with E-state index < -0.39 is 5.97 Å². The molecule has 0 spiro atoms. The largest absolute Gasteiger partial charge is 0.476 e. The molecule has 0 aliphatic heterocycles. The van der Waals surface area contributed by atoms with Gasteiger partial charge >= 0.3 is 5.97 Å². The fraction of sp³-hybridized carbons (Fsp3) is 0. The van der Waals surface area contributed by atoms with Crippen LogP contribution in [0.5, 0.6) is 0 Å². The molecule has 0 bridgehead atoms. The van der Waals surface area contributed by atoms with Crippen molar-refractivity contribution in [1.29, 1.82) is 0 Å². The summed E-state index contributed by atoms with van der Waals surface area (Å²) < 4.78 is 5.32. The van der Waals surface area contributed by atoms with Crippen molar-refractivity contribution >= 4 is 27.6 Å². The van der Waals surface area contributed by atoms with Crippen LogP contribution in [0.2, 0.25) is 0 Å². The second-order valence-electron chi connectivity index (χ2n) is 1.95. The molecule has 0 saturated heterocycles. The molecule has 4 nitrogen and oxygen atoms in total. The number of hydrogen-bond donors (Lipinski definition) is 1. The first-order valence-corrected chi connectivity index (χ1v) is 3.73. The third-order valence-electron chi connectivity index (χ3n) is 1.28. The van der Waals surface area contributed by atoms with Crippen molar-refractivity contribution in [3.63, 3.8) is 0 Å². The second kappa shape index (κ2) is 2.06. The van der Waals surface area contributed by atoms with Gasteiger partial charge in [-0.15, -0.1) is 11.3 Å². The van der Waals surface area contributed by atoms with Crippen molar-refractivity contribution in [1.82, 2.24) is 5.16 Å². The fourth-order valence-electron chi connectivity index (χ4n) is 0.814. The molecule has 2 aromatic rings. The molecule has 2 rings (SSSR count). The highest BCUT2D eigenvalue weighted by Crippen LogP contribution is 2.23. The Morgan fingerprint density at radius 2 is 2.55 bits per heavy atom. The summed E-state index contributed by atoms with van der Waals surface area (Å²) in [5.74, 6) is -1.05. The third kappa shape index (κ3) is 0.813. The average molecular weight is 169 g/mol. The lowest BCUT2D eigenvalue weighted by molar-refractivity contribution is 0.0688. The Hall–Kier alpha value is -1.36. The molecule has 0 fully saturated rings. The van der Waals surface area contributed by atoms with Crippen LogP contribution in [0.1, 0.15) is 10.5 Å². The number of aromatic nitrogens is 1. The SMILES string of the molecule is O=C(O)c1noc2ccsc12. The third-order valence-corrected chi connectivity index (χ3v) is 2.18. The number of carboxylic acid groups (broad SMARTS) is 1. The summed E-state index contributed by atoms with van der Waals surface area (Å²) in [6.07, 6.45) is 0. The molecule has 0 aliphatic rings. The van der Waals surface area contributed by atoms with Crippen LogP contribution in [-0.4, -0.2) is 16.2 Å². The molecule has 56 valence electrons. The van der Waals surface area contributed by atoms with E-state index in [1.807, 2.05) is 0 Å². The van der Waals surface area contributed by atoms with Crippen LogP contribution in [0, 0.1) is 0 Å². The quantitative estimate of drug-likeness (QED) is 0.704. The number of aromatic carboxylic acids is 1. The minimum absolute atomic E-state index is 0.00463. The van der Waals surface area contributed by atoms with E-state index in [2.05, 4.69) is 5.16 Å². The van der Waals surface area contributed by atoms with E-state index >= 15 is 0 Å². The van der Waals surface area contributed by atoms with E-state index in [0.29, 0.717) is 10.3 Å². The van der Waals surface area contributed by atoms with Gasteiger partial charge in [0.2, 0.25) is 5.69 Å². The summed E-state index contributed by atoms with van der Waals surface area (Å²) >= 11 is 1.31. The van der Waals surface area contributed by atoms with Crippen LogP contribution in [-0.2, 0) is 0 Å². The lowest BCUT2D eigenvalue weighted by atomic mass is 10.4. The standard InChI is InChI=1S/C6H3NO3S/c8-6(9)4-5-3(10-7-4)1-2-11-5/h1-2H,(H,8,9). The molecule has 0 amide bonds. The van der Waals surface area contributed by atoms with Crippen LogP contribution in [0.3, 0.4) is 0 Å². The average Bonchev–Trinajstić information content (AvgIpc) is 2.41. The number of thiophene rings is 1. The van der Waals surface area contributed by atoms with Gasteiger partial charge in [0.15, 0.2) is 5.58 Å². The van der Waals surface area contributed by atoms with Crippen molar-refractivity contribution in [3.05, 3.63) is 17.1 Å². The van der Waals surface area contributed by atoms with Gasteiger partial charge in [-0.05, 0) is 11.4 Å². The van der Waals surface area contributed by atoms with Crippen LogP contribution in [0.4, 0.5) is 0 Å². The Kier molecular flexibility index (Phi) is 1.19. The number of hydrogen-bond acceptors (Lipinski definition) is 4. The first-order valence-electron chi connectivity index (χ1n) is 2.85. The van der Waals surface area contributed by atoms with E-state index in [1.54, 1.807) is 11.4 Å². The topological polar surface area (TPSA) is 63.3 Å². The summed E-state index contributed by atoms with van der Waals surface area (Å²) in [5.41, 5.74) is 0.530. The molecule has 0 aromatic carbocycles. The van der Waals surface area contributed by atoms with Gasteiger partial charge in [0.1, 0.15) is 4.70 Å². The van der Waals surface area contributed by atoms with Gasteiger partial charge in [0.25, 0.3) is 0 Å². The Labute approximate surface area is 65.0 Å². The minimum Gasteiger partial charge on any atom is -0.476 e. The maximum absolute atomic E-state index is 10.5. The fourth-order valence-corrected chi connectivity index (χ4v) is 1.60. The normalized spacial score (nSPS) is 10.5. The summed E-state index contributed by atoms with van der Waals surface area (Å²) in [6.45, 7) is 0. The smallest absolute Gasteiger partial charge is 0.359 e. The van der Waals surface area contributed by atoms with Gasteiger partial charge in [-0.3, -0.25) is 0 Å². The molecular formula is C6H3NO3S. The first kappa shape index (κ1) is 6.36. The summed E-state index contributed by atoms with van der Waals surface area (Å²) in [5, 5.41) is 13.7. The zero-order chi connectivity index (χ0) is 7.84. The van der Waals surface area contributed by atoms with Crippen molar-refractivity contribution in [2.45, 2.75) is 0 Å². The van der Waals surface area contributed by atoms with Crippen molar-refractivity contribution < 1.29 is 14.4 Å². The minimum atomic E-state index is -1.05. The van der Waals surface area contributed by atoms with Crippen LogP contribution in [0.25, 0.3) is 10.3 Å². The Balaban J connectivity index is 2.78. The monoisotopic (exact) mass is 169 g/mol. The van der Waals surface area contributed by atoms with Crippen LogP contribution < -0.4 is 0 Å². The molecule has 0 unspecified atom stereocenters. The summed E-state index contributed by atoms with van der Waals surface area (Å²) in [4.78, 5) is 10.5. The zero-order valence-electron chi connectivity index (χ0n) is 5.27. The lowest BCUT2D eigenvalue weighted by Gasteiger charge is -1.79. The lowest BCUT2D eigenvalue weighted by Crippen LogP contribution is -1.95. The Bertz CT molecular complexity index is 403. The predicted octanol–water partition coefficient (Wildman–Crippen LogP) is 1.59. The highest BCUT2D eigenvalue weighted by Gasteiger charge is 2.14. The van der Waals surface area contributed by atoms with Crippen LogP contribution in [0.15, 0.2) is 16.0 Å². The predicted molar refractivity (Wildman–Crippen MR) is 38.8 cm³/mol. The number of nitrogens with zero attached hydrogens (tertiary/aromatic N) is 1. The highest BCUT2D eigenvalue weighted by atomic mass is 32.1. The van der Waals surface area contributed by atoms with E-state index in [9.17, 15) is 4.79 Å². The number of rotatable bonds is 1. The van der Waals surface area contributed by atoms with Gasteiger partial charge < -0.3 is 9.63 Å². The van der Waals surface area contributed by atoms with Crippen molar-refractivity contribution in [3.8, 4) is 0 Å². The first-order chi connectivity index (χ1) is 5.29. The van der Waals surface area contributed by atoms with Gasteiger partial charge in [0, 0.05) is 0 Å². The number of fused-ring (bicyclic) bond motifs is 1. The number of carbonyl (C=O) groups is 1. The van der Waals surface area contributed by atoms with Crippen LogP contribution >= 0.6 is 11.3 Å². The zero-order valence-corrected chi connectivity index (χ0v) is 6.09. The van der Waals surface area contributed by atoms with Crippen molar-refractivity contribution in [2.75, 3.05) is 0 Å². The molecule has 11 heavy (non-hydrogen) atoms. The Morgan fingerprint density at radius 3 is 3.27 bits per heavy atom. The second-order valence-corrected chi connectivity index (χ2v) is 2.87. The van der Waals surface area contributed by atoms with Gasteiger partial charge in [-0.2, -0.15) is 0 Å². The molecule has 1 N–H and O–H groups in total. The molecular weight excluding hydrogens is 166 g/mol. The highest BCUT2D eigenvalue weighted by molar-refractivity contribution is 7.17. The molecule has 0 saturated carbocycles. The molecule has 0 aliphatic carbocycles. The maximum Gasteiger partial charge on any atom is 0.359 e. The van der Waals surface area contributed by atoms with E-state index in [-0.39, 0.29) is 5.69 Å². The Morgan fingerprint density at radius 1 is 1.73 bits per heavy atom. The number of carboxylic acids is 1. The van der Waals surface area contributed by atoms with Gasteiger partial charge in [-0.1, -0.05) is 5.16 Å². The molecule has 2 heterocycles. The van der Waals surface area contributed by atoms with E-state index in [1.165, 1.54) is 11.3 Å². The molecule has 0 atom stereocenters. The molecule has 2 aromatic heterocycles. The molecule has 0 radical (unpaired) electrons. The van der Waals surface area contributed by atoms with E-state index in [0.717, 1.165) is 0 Å². The molecule has 5 heteroatoms. The van der Waals surface area contributed by atoms with Gasteiger partial charge in [-0.25, -0.2) is 4.79 Å².